The van der Waals surface area contributed by atoms with Gasteiger partial charge in [-0.2, -0.15) is 0 Å². The van der Waals surface area contributed by atoms with Crippen molar-refractivity contribution in [3.05, 3.63) is 82.3 Å². The number of benzene rings is 2. The van der Waals surface area contributed by atoms with Gasteiger partial charge in [-0.3, -0.25) is 9.36 Å². The molecular formula is C21H21FN2O2. The van der Waals surface area contributed by atoms with Crippen molar-refractivity contribution < 1.29 is 9.50 Å². The lowest BCUT2D eigenvalue weighted by atomic mass is 9.87. The number of aromatic hydroxyl groups is 1. The number of phenolic OH excluding ortho intramolecular Hbond substituents is 1. The van der Waals surface area contributed by atoms with E-state index < -0.39 is 11.6 Å². The second-order valence-corrected chi connectivity index (χ2v) is 7.35. The third-order valence-corrected chi connectivity index (χ3v) is 4.33. The minimum absolute atomic E-state index is 0.0692. The summed E-state index contributed by atoms with van der Waals surface area (Å²) in [6.45, 7) is 6.83. The van der Waals surface area contributed by atoms with Crippen molar-refractivity contribution in [2.75, 3.05) is 0 Å². The molecule has 0 radical (unpaired) electrons. The Kier molecular flexibility index (Phi) is 4.64. The minimum Gasteiger partial charge on any atom is -0.505 e. The highest BCUT2D eigenvalue weighted by molar-refractivity contribution is 5.62. The van der Waals surface area contributed by atoms with Crippen molar-refractivity contribution >= 4 is 0 Å². The molecule has 0 unspecified atom stereocenters. The van der Waals surface area contributed by atoms with Crippen molar-refractivity contribution in [3.63, 3.8) is 0 Å². The molecule has 0 spiro atoms. The van der Waals surface area contributed by atoms with Gasteiger partial charge in [0.15, 0.2) is 11.6 Å². The standard InChI is InChI=1S/C21H21FN2O2/c1-21(2,3)16-7-4-14(5-8-16)12-24-13-23-11-17(20(24)26)15-6-9-19(25)18(22)10-15/h4-11,13,25H,12H2,1-3H3. The van der Waals surface area contributed by atoms with Crippen molar-refractivity contribution in [3.8, 4) is 16.9 Å². The first kappa shape index (κ1) is 17.9. The fourth-order valence-electron chi connectivity index (χ4n) is 2.74. The van der Waals surface area contributed by atoms with E-state index in [1.165, 1.54) is 34.8 Å². The molecule has 5 heteroatoms. The Balaban J connectivity index is 1.92. The smallest absolute Gasteiger partial charge is 0.261 e. The lowest BCUT2D eigenvalue weighted by Gasteiger charge is -2.19. The Morgan fingerprint density at radius 2 is 1.81 bits per heavy atom. The number of aromatic nitrogens is 2. The summed E-state index contributed by atoms with van der Waals surface area (Å²) in [6, 6.07) is 12.0. The third-order valence-electron chi connectivity index (χ3n) is 4.33. The molecule has 1 aromatic heterocycles. The van der Waals surface area contributed by atoms with E-state index in [9.17, 15) is 14.3 Å². The highest BCUT2D eigenvalue weighted by Gasteiger charge is 2.13. The van der Waals surface area contributed by atoms with Gasteiger partial charge in [0.05, 0.1) is 18.4 Å². The summed E-state index contributed by atoms with van der Waals surface area (Å²) >= 11 is 0. The molecule has 0 bridgehead atoms. The molecule has 3 aromatic rings. The van der Waals surface area contributed by atoms with Crippen LogP contribution in [0.1, 0.15) is 31.9 Å². The molecule has 3 rings (SSSR count). The van der Waals surface area contributed by atoms with Crippen LogP contribution < -0.4 is 5.56 Å². The van der Waals surface area contributed by atoms with E-state index in [1.807, 2.05) is 12.1 Å². The number of hydrogen-bond acceptors (Lipinski definition) is 3. The number of hydrogen-bond donors (Lipinski definition) is 1. The van der Waals surface area contributed by atoms with E-state index in [-0.39, 0.29) is 16.5 Å². The van der Waals surface area contributed by atoms with Gasteiger partial charge in [-0.1, -0.05) is 51.1 Å². The van der Waals surface area contributed by atoms with E-state index in [2.05, 4.69) is 37.9 Å². The summed E-state index contributed by atoms with van der Waals surface area (Å²) in [5, 5.41) is 9.31. The number of rotatable bonds is 3. The van der Waals surface area contributed by atoms with Gasteiger partial charge in [0.2, 0.25) is 0 Å². The topological polar surface area (TPSA) is 55.1 Å². The zero-order chi connectivity index (χ0) is 18.9. The van der Waals surface area contributed by atoms with Gasteiger partial charge < -0.3 is 5.11 Å². The van der Waals surface area contributed by atoms with Crippen LogP contribution in [0.2, 0.25) is 0 Å². The summed E-state index contributed by atoms with van der Waals surface area (Å²) in [4.78, 5) is 16.8. The molecule has 0 aliphatic carbocycles. The van der Waals surface area contributed by atoms with E-state index in [0.29, 0.717) is 12.1 Å². The van der Waals surface area contributed by atoms with Gasteiger partial charge in [0, 0.05) is 6.20 Å². The SMILES string of the molecule is CC(C)(C)c1ccc(Cn2cncc(-c3ccc(O)c(F)c3)c2=O)cc1. The van der Waals surface area contributed by atoms with Crippen LogP contribution in [0.25, 0.3) is 11.1 Å². The molecule has 0 atom stereocenters. The Hall–Kier alpha value is -2.95. The molecule has 0 saturated heterocycles. The number of halogens is 1. The van der Waals surface area contributed by atoms with E-state index in [1.54, 1.807) is 0 Å². The first-order valence-electron chi connectivity index (χ1n) is 8.38. The molecule has 134 valence electrons. The molecule has 0 saturated carbocycles. The lowest BCUT2D eigenvalue weighted by Crippen LogP contribution is -2.22. The lowest BCUT2D eigenvalue weighted by molar-refractivity contribution is 0.432. The zero-order valence-corrected chi connectivity index (χ0v) is 15.0. The third kappa shape index (κ3) is 3.67. The fraction of sp³-hybridized carbons (Fsp3) is 0.238. The molecule has 0 fully saturated rings. The van der Waals surface area contributed by atoms with Gasteiger partial charge >= 0.3 is 0 Å². The van der Waals surface area contributed by atoms with Crippen LogP contribution in [0.15, 0.2) is 59.8 Å². The number of nitrogens with zero attached hydrogens (tertiary/aromatic N) is 2. The molecule has 0 aliphatic rings. The highest BCUT2D eigenvalue weighted by Crippen LogP contribution is 2.23. The van der Waals surface area contributed by atoms with Crippen molar-refractivity contribution in [2.24, 2.45) is 0 Å². The summed E-state index contributed by atoms with van der Waals surface area (Å²) in [5.74, 6) is -1.22. The fourth-order valence-corrected chi connectivity index (χ4v) is 2.74. The maximum Gasteiger partial charge on any atom is 0.261 e. The summed E-state index contributed by atoms with van der Waals surface area (Å²) in [7, 11) is 0. The molecule has 26 heavy (non-hydrogen) atoms. The van der Waals surface area contributed by atoms with Crippen molar-refractivity contribution in [1.82, 2.24) is 9.55 Å². The second kappa shape index (κ2) is 6.75. The summed E-state index contributed by atoms with van der Waals surface area (Å²) < 4.78 is 15.1. The van der Waals surface area contributed by atoms with Crippen molar-refractivity contribution in [2.45, 2.75) is 32.7 Å². The molecule has 0 amide bonds. The Labute approximate surface area is 151 Å². The van der Waals surface area contributed by atoms with Gasteiger partial charge in [0.1, 0.15) is 0 Å². The van der Waals surface area contributed by atoms with Crippen LogP contribution in [0.3, 0.4) is 0 Å². The monoisotopic (exact) mass is 352 g/mol. The van der Waals surface area contributed by atoms with E-state index >= 15 is 0 Å². The van der Waals surface area contributed by atoms with E-state index in [4.69, 9.17) is 0 Å². The van der Waals surface area contributed by atoms with Gasteiger partial charge in [0.25, 0.3) is 5.56 Å². The molecule has 1 N–H and O–H groups in total. The molecule has 2 aromatic carbocycles. The van der Waals surface area contributed by atoms with E-state index in [0.717, 1.165) is 11.6 Å². The Morgan fingerprint density at radius 1 is 1.12 bits per heavy atom. The molecule has 4 nitrogen and oxygen atoms in total. The second-order valence-electron chi connectivity index (χ2n) is 7.35. The molecule has 0 aliphatic heterocycles. The summed E-state index contributed by atoms with van der Waals surface area (Å²) in [6.07, 6.45) is 2.88. The first-order valence-corrected chi connectivity index (χ1v) is 8.38. The van der Waals surface area contributed by atoms with Crippen LogP contribution >= 0.6 is 0 Å². The Bertz CT molecular complexity index is 986. The Morgan fingerprint density at radius 3 is 2.42 bits per heavy atom. The highest BCUT2D eigenvalue weighted by atomic mass is 19.1. The van der Waals surface area contributed by atoms with Gasteiger partial charge in [-0.25, -0.2) is 9.37 Å². The maximum absolute atomic E-state index is 13.6. The predicted octanol–water partition coefficient (Wildman–Crippen LogP) is 4.10. The number of phenols is 1. The normalized spacial score (nSPS) is 11.5. The first-order chi connectivity index (χ1) is 12.3. The van der Waals surface area contributed by atoms with Crippen molar-refractivity contribution in [1.29, 1.82) is 0 Å². The van der Waals surface area contributed by atoms with Crippen LogP contribution in [-0.4, -0.2) is 14.7 Å². The zero-order valence-electron chi connectivity index (χ0n) is 15.0. The quantitative estimate of drug-likeness (QED) is 0.772. The average molecular weight is 352 g/mol. The van der Waals surface area contributed by atoms with Crippen LogP contribution in [0.5, 0.6) is 5.75 Å². The predicted molar refractivity (Wildman–Crippen MR) is 99.8 cm³/mol. The molecular weight excluding hydrogens is 331 g/mol. The van der Waals surface area contributed by atoms with Crippen LogP contribution in [0, 0.1) is 5.82 Å². The van der Waals surface area contributed by atoms with Gasteiger partial charge in [-0.05, 0) is 34.2 Å². The van der Waals surface area contributed by atoms with Crippen LogP contribution in [0.4, 0.5) is 4.39 Å². The van der Waals surface area contributed by atoms with Gasteiger partial charge in [-0.15, -0.1) is 0 Å². The summed E-state index contributed by atoms with van der Waals surface area (Å²) in [5.41, 5.74) is 2.69. The maximum atomic E-state index is 13.6. The largest absolute Gasteiger partial charge is 0.505 e. The minimum atomic E-state index is -0.768. The average Bonchev–Trinajstić information content (AvgIpc) is 2.59. The molecule has 1 heterocycles. The van der Waals surface area contributed by atoms with Crippen LogP contribution in [-0.2, 0) is 12.0 Å².